The van der Waals surface area contributed by atoms with Gasteiger partial charge in [0.25, 0.3) is 0 Å². The summed E-state index contributed by atoms with van der Waals surface area (Å²) in [6.07, 6.45) is 0. The van der Waals surface area contributed by atoms with Crippen LogP contribution in [0.1, 0.15) is 19.4 Å². The van der Waals surface area contributed by atoms with Crippen LogP contribution in [0.2, 0.25) is 0 Å². The second-order valence-electron chi connectivity index (χ2n) is 5.72. The zero-order chi connectivity index (χ0) is 16.9. The van der Waals surface area contributed by atoms with Gasteiger partial charge < -0.3 is 5.32 Å². The summed E-state index contributed by atoms with van der Waals surface area (Å²) in [5, 5.41) is 2.75. The van der Waals surface area contributed by atoms with Gasteiger partial charge in [-0.15, -0.1) is 0 Å². The van der Waals surface area contributed by atoms with Crippen LogP contribution in [0.15, 0.2) is 59.5 Å². The molecule has 1 amide bonds. The molecule has 1 atom stereocenters. The molecular weight excluding hydrogens is 313 g/mol. The number of carbonyl (C=O) groups excluding carboxylic acids is 1. The van der Waals surface area contributed by atoms with Gasteiger partial charge in [-0.05, 0) is 32.0 Å². The highest BCUT2D eigenvalue weighted by atomic mass is 32.2. The minimum absolute atomic E-state index is 0.276. The van der Waals surface area contributed by atoms with E-state index in [2.05, 4.69) is 5.32 Å². The Morgan fingerprint density at radius 3 is 2.35 bits per heavy atom. The summed E-state index contributed by atoms with van der Waals surface area (Å²) in [6, 6.07) is 15.3. The van der Waals surface area contributed by atoms with Gasteiger partial charge in [0, 0.05) is 22.8 Å². The van der Waals surface area contributed by atoms with Gasteiger partial charge in [0.1, 0.15) is 5.82 Å². The summed E-state index contributed by atoms with van der Waals surface area (Å²) in [5.74, 6) is -0.364. The molecule has 0 fully saturated rings. The molecule has 2 aromatic carbocycles. The largest absolute Gasteiger partial charge is 0.354 e. The number of benzene rings is 2. The molecule has 0 aliphatic rings. The Labute approximate surface area is 138 Å². The van der Waals surface area contributed by atoms with E-state index < -0.39 is 22.0 Å². The normalized spacial score (nSPS) is 12.7. The van der Waals surface area contributed by atoms with Crippen LogP contribution < -0.4 is 5.32 Å². The van der Waals surface area contributed by atoms with E-state index in [9.17, 15) is 13.4 Å². The molecule has 0 spiro atoms. The zero-order valence-electron chi connectivity index (χ0n) is 13.2. The van der Waals surface area contributed by atoms with Crippen molar-refractivity contribution >= 4 is 16.7 Å². The van der Waals surface area contributed by atoms with Gasteiger partial charge in [-0.1, -0.05) is 36.4 Å². The number of hydrogen-bond acceptors (Lipinski definition) is 2. The lowest BCUT2D eigenvalue weighted by Crippen LogP contribution is -2.42. The third-order valence-electron chi connectivity index (χ3n) is 3.69. The van der Waals surface area contributed by atoms with Crippen molar-refractivity contribution in [2.75, 3.05) is 12.3 Å². The first-order chi connectivity index (χ1) is 10.9. The van der Waals surface area contributed by atoms with Crippen LogP contribution in [0.3, 0.4) is 0 Å². The van der Waals surface area contributed by atoms with Gasteiger partial charge >= 0.3 is 0 Å². The average molecular weight is 333 g/mol. The molecule has 0 bridgehead atoms. The highest BCUT2D eigenvalue weighted by Crippen LogP contribution is 2.25. The molecule has 122 valence electrons. The van der Waals surface area contributed by atoms with Crippen molar-refractivity contribution in [3.63, 3.8) is 0 Å². The van der Waals surface area contributed by atoms with Crippen molar-refractivity contribution in [1.82, 2.24) is 5.32 Å². The quantitative estimate of drug-likeness (QED) is 0.883. The third kappa shape index (κ3) is 4.26. The van der Waals surface area contributed by atoms with Crippen LogP contribution in [0, 0.1) is 5.82 Å². The van der Waals surface area contributed by atoms with E-state index in [0.717, 1.165) is 4.90 Å². The minimum Gasteiger partial charge on any atom is -0.354 e. The van der Waals surface area contributed by atoms with Crippen molar-refractivity contribution in [3.8, 4) is 0 Å². The Balaban J connectivity index is 1.94. The molecule has 1 N–H and O–H groups in total. The summed E-state index contributed by atoms with van der Waals surface area (Å²) < 4.78 is 26.0. The Hall–Kier alpha value is -2.01. The molecule has 5 heteroatoms. The van der Waals surface area contributed by atoms with Gasteiger partial charge in [-0.2, -0.15) is 0 Å². The fourth-order valence-electron chi connectivity index (χ4n) is 2.26. The molecule has 0 aromatic heterocycles. The zero-order valence-corrected chi connectivity index (χ0v) is 14.0. The smallest absolute Gasteiger partial charge is 0.230 e. The van der Waals surface area contributed by atoms with Crippen LogP contribution in [-0.4, -0.2) is 22.4 Å². The van der Waals surface area contributed by atoms with Crippen molar-refractivity contribution < 1.29 is 13.4 Å². The highest BCUT2D eigenvalue weighted by molar-refractivity contribution is 7.85. The van der Waals surface area contributed by atoms with Crippen LogP contribution in [0.4, 0.5) is 4.39 Å². The number of rotatable bonds is 6. The van der Waals surface area contributed by atoms with E-state index in [1.165, 1.54) is 6.07 Å². The van der Waals surface area contributed by atoms with E-state index in [1.54, 1.807) is 44.2 Å². The van der Waals surface area contributed by atoms with E-state index in [-0.39, 0.29) is 12.5 Å². The Morgan fingerprint density at radius 2 is 1.70 bits per heavy atom. The molecule has 3 nitrogen and oxygen atoms in total. The number of halogens is 1. The SMILES string of the molecule is CC(C)(C(=O)NCCS(=O)c1ccccc1)c1ccccc1F. The molecule has 2 rings (SSSR count). The maximum absolute atomic E-state index is 13.9. The van der Waals surface area contributed by atoms with Crippen LogP contribution in [-0.2, 0) is 21.0 Å². The Morgan fingerprint density at radius 1 is 1.09 bits per heavy atom. The fraction of sp³-hybridized carbons (Fsp3) is 0.278. The predicted molar refractivity (Wildman–Crippen MR) is 90.2 cm³/mol. The molecule has 1 unspecified atom stereocenters. The van der Waals surface area contributed by atoms with Crippen LogP contribution in [0.25, 0.3) is 0 Å². The molecular formula is C18H20FNO2S. The Bertz CT molecular complexity index is 701. The Kier molecular flexibility index (Phi) is 5.66. The van der Waals surface area contributed by atoms with Gasteiger partial charge in [0.05, 0.1) is 16.2 Å². The highest BCUT2D eigenvalue weighted by Gasteiger charge is 2.31. The summed E-state index contributed by atoms with van der Waals surface area (Å²) >= 11 is 0. The second-order valence-corrected chi connectivity index (χ2v) is 7.29. The van der Waals surface area contributed by atoms with Gasteiger partial charge in [0.2, 0.25) is 5.91 Å². The number of amides is 1. The average Bonchev–Trinajstić information content (AvgIpc) is 2.55. The van der Waals surface area contributed by atoms with Crippen molar-refractivity contribution in [1.29, 1.82) is 0 Å². The summed E-state index contributed by atoms with van der Waals surface area (Å²) in [5.41, 5.74) is -0.638. The van der Waals surface area contributed by atoms with E-state index >= 15 is 0 Å². The lowest BCUT2D eigenvalue weighted by Gasteiger charge is -2.24. The molecule has 0 radical (unpaired) electrons. The standard InChI is InChI=1S/C18H20FNO2S/c1-18(2,15-10-6-7-11-16(15)19)17(21)20-12-13-23(22)14-8-4-3-5-9-14/h3-11H,12-13H2,1-2H3,(H,20,21). The van der Waals surface area contributed by atoms with Crippen LogP contribution >= 0.6 is 0 Å². The number of nitrogens with one attached hydrogen (secondary N) is 1. The lowest BCUT2D eigenvalue weighted by atomic mass is 9.83. The van der Waals surface area contributed by atoms with E-state index in [4.69, 9.17) is 0 Å². The van der Waals surface area contributed by atoms with Gasteiger partial charge in [-0.25, -0.2) is 4.39 Å². The first kappa shape index (κ1) is 17.3. The topological polar surface area (TPSA) is 46.2 Å². The number of carbonyl (C=O) groups is 1. The van der Waals surface area contributed by atoms with Crippen molar-refractivity contribution in [2.45, 2.75) is 24.2 Å². The molecule has 0 saturated heterocycles. The molecule has 0 saturated carbocycles. The maximum atomic E-state index is 13.9. The van der Waals surface area contributed by atoms with Gasteiger partial charge in [-0.3, -0.25) is 9.00 Å². The summed E-state index contributed by atoms with van der Waals surface area (Å²) in [7, 11) is -1.16. The molecule has 0 aliphatic heterocycles. The first-order valence-corrected chi connectivity index (χ1v) is 8.71. The molecule has 0 aliphatic carbocycles. The molecule has 0 heterocycles. The van der Waals surface area contributed by atoms with Crippen molar-refractivity contribution in [3.05, 3.63) is 66.0 Å². The van der Waals surface area contributed by atoms with Crippen LogP contribution in [0.5, 0.6) is 0 Å². The minimum atomic E-state index is -1.16. The number of hydrogen-bond donors (Lipinski definition) is 1. The van der Waals surface area contributed by atoms with E-state index in [1.807, 2.05) is 18.2 Å². The fourth-order valence-corrected chi connectivity index (χ4v) is 3.24. The lowest BCUT2D eigenvalue weighted by molar-refractivity contribution is -0.125. The predicted octanol–water partition coefficient (Wildman–Crippen LogP) is 3.03. The van der Waals surface area contributed by atoms with Crippen molar-refractivity contribution in [2.24, 2.45) is 0 Å². The van der Waals surface area contributed by atoms with E-state index in [0.29, 0.717) is 11.3 Å². The van der Waals surface area contributed by atoms with Gasteiger partial charge in [0.15, 0.2) is 0 Å². The monoisotopic (exact) mass is 333 g/mol. The summed E-state index contributed by atoms with van der Waals surface area (Å²) in [6.45, 7) is 3.63. The molecule has 2 aromatic rings. The molecule has 23 heavy (non-hydrogen) atoms. The summed E-state index contributed by atoms with van der Waals surface area (Å²) in [4.78, 5) is 13.1. The maximum Gasteiger partial charge on any atom is 0.230 e. The first-order valence-electron chi connectivity index (χ1n) is 7.39. The second kappa shape index (κ2) is 7.51. The third-order valence-corrected chi connectivity index (χ3v) is 5.07.